The van der Waals surface area contributed by atoms with E-state index in [1.54, 1.807) is 120 Å². The maximum absolute atomic E-state index is 12.8. The Bertz CT molecular complexity index is 2420. The van der Waals surface area contributed by atoms with Crippen molar-refractivity contribution in [2.45, 2.75) is 26.1 Å². The first kappa shape index (κ1) is 38.7. The van der Waals surface area contributed by atoms with Gasteiger partial charge in [0, 0.05) is 36.9 Å². The molecule has 17 heteroatoms. The van der Waals surface area contributed by atoms with E-state index in [9.17, 15) is 26.4 Å². The van der Waals surface area contributed by atoms with E-state index in [1.165, 1.54) is 29.2 Å². The summed E-state index contributed by atoms with van der Waals surface area (Å²) in [6.45, 7) is 1.56. The Kier molecular flexibility index (Phi) is 12.3. The highest BCUT2D eigenvalue weighted by atomic mass is 35.5. The lowest BCUT2D eigenvalue weighted by Gasteiger charge is -2.30. The second-order valence-corrected chi connectivity index (χ2v) is 16.0. The van der Waals surface area contributed by atoms with E-state index in [1.807, 2.05) is 0 Å². The van der Waals surface area contributed by atoms with Crippen LogP contribution in [-0.2, 0) is 35.8 Å². The maximum Gasteiger partial charge on any atom is 0.247 e. The number of aromatic amines is 1. The number of sulfone groups is 2. The van der Waals surface area contributed by atoms with Crippen molar-refractivity contribution < 1.29 is 35.9 Å². The molecule has 0 spiro atoms. The van der Waals surface area contributed by atoms with E-state index in [0.29, 0.717) is 49.2 Å². The number of carbonyl (C=O) groups excluding carboxylic acids is 2. The van der Waals surface area contributed by atoms with Crippen LogP contribution in [-0.4, -0.2) is 80.4 Å². The molecule has 0 saturated heterocycles. The van der Waals surface area contributed by atoms with Gasteiger partial charge in [-0.3, -0.25) is 9.59 Å². The molecule has 55 heavy (non-hydrogen) atoms. The van der Waals surface area contributed by atoms with E-state index < -0.39 is 19.7 Å². The van der Waals surface area contributed by atoms with Crippen molar-refractivity contribution in [2.24, 2.45) is 0 Å². The average Bonchev–Trinajstić information content (AvgIpc) is 3.99. The molecule has 6 aromatic rings. The van der Waals surface area contributed by atoms with Crippen molar-refractivity contribution in [1.29, 1.82) is 0 Å². The molecule has 284 valence electrons. The molecule has 0 aliphatic carbocycles. The highest BCUT2D eigenvalue weighted by Gasteiger charge is 2.28. The molecule has 0 unspecified atom stereocenters. The van der Waals surface area contributed by atoms with E-state index in [2.05, 4.69) is 15.0 Å². The van der Waals surface area contributed by atoms with Gasteiger partial charge in [0.25, 0.3) is 0 Å². The highest BCUT2D eigenvalue weighted by molar-refractivity contribution is 7.91. The van der Waals surface area contributed by atoms with Crippen LogP contribution in [0.2, 0.25) is 0 Å². The van der Waals surface area contributed by atoms with E-state index in [0.717, 1.165) is 0 Å². The minimum absolute atomic E-state index is 0.115. The number of rotatable bonds is 7. The maximum atomic E-state index is 12.8. The summed E-state index contributed by atoms with van der Waals surface area (Å²) in [6, 6.07) is 25.5. The number of halogens is 1. The van der Waals surface area contributed by atoms with Gasteiger partial charge in [0.15, 0.2) is 0 Å². The minimum Gasteiger partial charge on any atom is -0.489 e. The van der Waals surface area contributed by atoms with Crippen LogP contribution < -0.4 is 19.3 Å². The third-order valence-corrected chi connectivity index (χ3v) is 12.1. The molecule has 0 radical (unpaired) electrons. The van der Waals surface area contributed by atoms with Crippen LogP contribution in [0.4, 0.5) is 11.4 Å². The van der Waals surface area contributed by atoms with Crippen molar-refractivity contribution >= 4 is 54.5 Å². The zero-order chi connectivity index (χ0) is 38.8. The number of hydrogen-bond acceptors (Lipinski definition) is 10. The number of ether oxygens (including phenoxy) is 2. The fourth-order valence-electron chi connectivity index (χ4n) is 5.63. The highest BCUT2D eigenvalue weighted by Crippen LogP contribution is 2.37. The summed E-state index contributed by atoms with van der Waals surface area (Å²) >= 11 is 5.61. The SMILES string of the molecule is O=C(CCl)N1CCOc2cc(S(=O)(=O)c3ccccc3)ccc21.O=C(Cn1ccnc1)N1CCOc2cc(S(=O)(=O)c3ccccc3)ccc21.c1c[nH]cn1. The van der Waals surface area contributed by atoms with Gasteiger partial charge in [-0.2, -0.15) is 0 Å². The number of amides is 2. The topological polar surface area (TPSA) is 174 Å². The third-order valence-electron chi connectivity index (χ3n) is 8.32. The summed E-state index contributed by atoms with van der Waals surface area (Å²) in [6.07, 6.45) is 9.99. The predicted molar refractivity (Wildman–Crippen MR) is 204 cm³/mol. The molecular weight excluding hydrogens is 768 g/mol. The van der Waals surface area contributed by atoms with Crippen molar-refractivity contribution in [3.63, 3.8) is 0 Å². The fraction of sp³-hybridized carbons (Fsp3) is 0.158. The predicted octanol–water partition coefficient (Wildman–Crippen LogP) is 5.03. The lowest BCUT2D eigenvalue weighted by Crippen LogP contribution is -2.39. The van der Waals surface area contributed by atoms with Crippen molar-refractivity contribution in [3.05, 3.63) is 135 Å². The molecule has 2 aliphatic heterocycles. The van der Waals surface area contributed by atoms with Crippen molar-refractivity contribution in [1.82, 2.24) is 19.5 Å². The summed E-state index contributed by atoms with van der Waals surface area (Å²) in [4.78, 5) is 38.6. The number of carbonyl (C=O) groups is 2. The van der Waals surface area contributed by atoms with Crippen LogP contribution in [0.25, 0.3) is 0 Å². The molecule has 4 heterocycles. The Hall–Kier alpha value is -5.97. The molecule has 0 bridgehead atoms. The van der Waals surface area contributed by atoms with Gasteiger partial charge in [-0.15, -0.1) is 11.6 Å². The molecule has 2 aliphatic rings. The van der Waals surface area contributed by atoms with Gasteiger partial charge in [0.05, 0.1) is 56.7 Å². The molecule has 2 aromatic heterocycles. The molecule has 1 N–H and O–H groups in total. The third kappa shape index (κ3) is 9.05. The van der Waals surface area contributed by atoms with E-state index >= 15 is 0 Å². The van der Waals surface area contributed by atoms with Crippen LogP contribution in [0.1, 0.15) is 0 Å². The second kappa shape index (κ2) is 17.4. The molecule has 2 amide bonds. The van der Waals surface area contributed by atoms with Gasteiger partial charge in [-0.05, 0) is 48.5 Å². The number of H-pyrrole nitrogens is 1. The monoisotopic (exact) mass is 802 g/mol. The van der Waals surface area contributed by atoms with Crippen LogP contribution in [0.15, 0.2) is 154 Å². The normalized spacial score (nSPS) is 13.3. The summed E-state index contributed by atoms with van der Waals surface area (Å²) in [5.74, 6) is 0.263. The van der Waals surface area contributed by atoms with Crippen LogP contribution in [0.3, 0.4) is 0 Å². The number of anilines is 2. The molecule has 0 atom stereocenters. The molecular formula is C38H35ClN6O8S2. The van der Waals surface area contributed by atoms with Gasteiger partial charge in [0.2, 0.25) is 31.5 Å². The second-order valence-electron chi connectivity index (χ2n) is 11.8. The molecule has 14 nitrogen and oxygen atoms in total. The summed E-state index contributed by atoms with van der Waals surface area (Å²) in [7, 11) is -7.27. The Morgan fingerprint density at radius 1 is 0.673 bits per heavy atom. The average molecular weight is 803 g/mol. The number of imidazole rings is 2. The number of nitrogens with one attached hydrogen (secondary N) is 1. The number of alkyl halides is 1. The zero-order valence-corrected chi connectivity index (χ0v) is 31.5. The molecule has 8 rings (SSSR count). The smallest absolute Gasteiger partial charge is 0.247 e. The summed E-state index contributed by atoms with van der Waals surface area (Å²) in [5, 5.41) is 0. The van der Waals surface area contributed by atoms with Crippen molar-refractivity contribution in [2.75, 3.05) is 42.0 Å². The largest absolute Gasteiger partial charge is 0.489 e. The fourth-order valence-corrected chi connectivity index (χ4v) is 8.37. The van der Waals surface area contributed by atoms with E-state index in [4.69, 9.17) is 21.1 Å². The first-order valence-electron chi connectivity index (χ1n) is 16.8. The van der Waals surface area contributed by atoms with Gasteiger partial charge in [0.1, 0.15) is 37.1 Å². The van der Waals surface area contributed by atoms with Gasteiger partial charge < -0.3 is 28.8 Å². The molecule has 0 saturated carbocycles. The quantitative estimate of drug-likeness (QED) is 0.216. The Morgan fingerprint density at radius 3 is 1.62 bits per heavy atom. The van der Waals surface area contributed by atoms with Crippen LogP contribution in [0.5, 0.6) is 11.5 Å². The number of aromatic nitrogens is 4. The Labute approximate surface area is 322 Å². The molecule has 0 fully saturated rings. The number of nitrogens with zero attached hydrogens (tertiary/aromatic N) is 5. The lowest BCUT2D eigenvalue weighted by atomic mass is 10.2. The first-order chi connectivity index (χ1) is 26.6. The zero-order valence-electron chi connectivity index (χ0n) is 29.1. The lowest BCUT2D eigenvalue weighted by molar-refractivity contribution is -0.119. The Morgan fingerprint density at radius 2 is 1.20 bits per heavy atom. The number of hydrogen-bond donors (Lipinski definition) is 1. The van der Waals surface area contributed by atoms with Gasteiger partial charge >= 0.3 is 0 Å². The van der Waals surface area contributed by atoms with Crippen molar-refractivity contribution in [3.8, 4) is 11.5 Å². The van der Waals surface area contributed by atoms with Gasteiger partial charge in [-0.25, -0.2) is 26.8 Å². The van der Waals surface area contributed by atoms with Gasteiger partial charge in [-0.1, -0.05) is 36.4 Å². The first-order valence-corrected chi connectivity index (χ1v) is 20.3. The van der Waals surface area contributed by atoms with Crippen LogP contribution >= 0.6 is 11.6 Å². The van der Waals surface area contributed by atoms with Crippen LogP contribution in [0, 0.1) is 0 Å². The number of benzene rings is 4. The molecule has 4 aromatic carbocycles. The minimum atomic E-state index is -3.65. The summed E-state index contributed by atoms with van der Waals surface area (Å²) in [5.41, 5.74) is 1.10. The standard InChI is InChI=1S/C19H17N3O4S.C16H14ClNO4S.C3H4N2/c23-19(13-21-9-8-20-14-21)22-10-11-26-18-12-16(6-7-17(18)22)27(24,25)15-4-2-1-3-5-15;17-11-16(19)18-8-9-22-15-10-13(6-7-14(15)18)23(20,21)12-4-2-1-3-5-12;1-2-5-3-4-1/h1-9,12,14H,10-11,13H2;1-7,10H,8-9,11H2;1-3H,(H,4,5). The number of fused-ring (bicyclic) bond motifs is 2. The Balaban J connectivity index is 0.000000167. The van der Waals surface area contributed by atoms with E-state index in [-0.39, 0.29) is 43.8 Å². The summed E-state index contributed by atoms with van der Waals surface area (Å²) < 4.78 is 63.7.